The number of carboxylic acid groups (broad SMARTS) is 2. The molecular weight excluding hydrogens is 912 g/mol. The number of hydrogen-bond acceptors (Lipinski definition) is 12. The van der Waals surface area contributed by atoms with Crippen LogP contribution in [0.1, 0.15) is 110 Å². The van der Waals surface area contributed by atoms with E-state index in [2.05, 4.69) is 38.7 Å². The maximum atomic E-state index is 12.7. The Morgan fingerprint density at radius 1 is 0.687 bits per heavy atom. The predicted molar refractivity (Wildman–Crippen MR) is 247 cm³/mol. The molecular formula is C48H61N4NaO12S2. The molecule has 3 aliphatic heterocycles. The number of carbonyl (C=O) groups is 3. The van der Waals surface area contributed by atoms with Gasteiger partial charge >= 0.3 is 47.6 Å². The summed E-state index contributed by atoms with van der Waals surface area (Å²) < 4.78 is 80.5. The Labute approximate surface area is 416 Å². The molecule has 0 unspecified atom stereocenters. The average Bonchev–Trinajstić information content (AvgIpc) is 3.81. The van der Waals surface area contributed by atoms with E-state index in [4.69, 9.17) is 4.74 Å². The van der Waals surface area contributed by atoms with Gasteiger partial charge in [0.25, 0.3) is 0 Å². The number of hydrogen-bond donors (Lipinski definition) is 2. The van der Waals surface area contributed by atoms with Crippen LogP contribution >= 0.6 is 0 Å². The number of benzene rings is 2. The minimum Gasteiger partial charge on any atom is -0.744 e. The summed E-state index contributed by atoms with van der Waals surface area (Å²) in [6, 6.07) is 8.90. The molecule has 1 aliphatic carbocycles. The average molecular weight is 973 g/mol. The zero-order valence-corrected chi connectivity index (χ0v) is 43.0. The molecule has 2 N–H and O–H groups in total. The van der Waals surface area contributed by atoms with Gasteiger partial charge in [0.2, 0.25) is 5.71 Å². The summed E-state index contributed by atoms with van der Waals surface area (Å²) in [4.78, 5) is 40.5. The normalized spacial score (nSPS) is 20.2. The summed E-state index contributed by atoms with van der Waals surface area (Å²) in [6.45, 7) is 13.0. The Morgan fingerprint density at radius 2 is 1.10 bits per heavy atom. The van der Waals surface area contributed by atoms with Crippen LogP contribution in [0.2, 0.25) is 0 Å². The van der Waals surface area contributed by atoms with Crippen LogP contribution < -0.4 is 39.4 Å². The van der Waals surface area contributed by atoms with Gasteiger partial charge < -0.3 is 33.9 Å². The predicted octanol–water partition coefficient (Wildman–Crippen LogP) is 4.02. The molecule has 2 fully saturated rings. The van der Waals surface area contributed by atoms with E-state index in [0.29, 0.717) is 102 Å². The van der Waals surface area contributed by atoms with Crippen molar-refractivity contribution in [2.24, 2.45) is 0 Å². The van der Waals surface area contributed by atoms with Crippen molar-refractivity contribution in [2.75, 3.05) is 55.7 Å². The second-order valence-electron chi connectivity index (χ2n) is 18.2. The zero-order chi connectivity index (χ0) is 48.2. The van der Waals surface area contributed by atoms with Gasteiger partial charge in [-0.25, -0.2) is 26.2 Å². The molecule has 0 spiro atoms. The number of carbonyl (C=O) groups excluding carboxylic acids is 1. The molecule has 0 radical (unpaired) electrons. The Bertz CT molecular complexity index is 2470. The largest absolute Gasteiger partial charge is 1.00 e. The van der Waals surface area contributed by atoms with Crippen LogP contribution in [0.5, 0.6) is 0 Å². The molecule has 4 aliphatic rings. The zero-order valence-electron chi connectivity index (χ0n) is 39.4. The quantitative estimate of drug-likeness (QED) is 0.0989. The molecule has 19 heteroatoms. The molecule has 16 nitrogen and oxygen atoms in total. The van der Waals surface area contributed by atoms with Crippen LogP contribution in [-0.2, 0) is 45.4 Å². The summed E-state index contributed by atoms with van der Waals surface area (Å²) in [5.74, 6) is -1.72. The first-order valence-corrected chi connectivity index (χ1v) is 25.4. The number of fused-ring (bicyclic) bond motifs is 2. The van der Waals surface area contributed by atoms with Crippen molar-refractivity contribution >= 4 is 55.4 Å². The number of aliphatic carboxylic acids is 2. The minimum absolute atomic E-state index is 0. The van der Waals surface area contributed by atoms with E-state index in [-0.39, 0.29) is 64.9 Å². The van der Waals surface area contributed by atoms with Crippen LogP contribution in [0.15, 0.2) is 93.0 Å². The third-order valence-corrected chi connectivity index (χ3v) is 14.8. The second kappa shape index (κ2) is 22.0. The van der Waals surface area contributed by atoms with Gasteiger partial charge in [-0.1, -0.05) is 52.7 Å². The fourth-order valence-electron chi connectivity index (χ4n) is 9.68. The number of piperazine rings is 1. The van der Waals surface area contributed by atoms with Gasteiger partial charge in [0.15, 0.2) is 13.1 Å². The first kappa shape index (κ1) is 53.7. The van der Waals surface area contributed by atoms with E-state index in [1.807, 2.05) is 27.7 Å². The third kappa shape index (κ3) is 12.3. The topological polar surface area (TPSA) is 228 Å². The standard InChI is InChI=1S/C48H62N4O12S2.Na/c1-6-64-46(57)50-29-27-49(28-30-50)45-33(17-23-41-47(2,3)37-31-35(65(58,59)60)19-21-39(37)51(41)25-11-7-9-13-43(53)54)15-16-34(45)18-24-42-48(4,5)38-32-36(66(61,62)63)20-22-40(38)52(42)26-12-8-10-14-44(55)56;/h17-24,31-32H,6-16,25-30H2,1-5H3,(H3-,53,54,55,56,58,59,60,61,62,63);/q;+1/p-1. The van der Waals surface area contributed by atoms with Crippen molar-refractivity contribution in [3.63, 3.8) is 0 Å². The Kier molecular flexibility index (Phi) is 17.6. The minimum atomic E-state index is -4.73. The van der Waals surface area contributed by atoms with Crippen molar-refractivity contribution < 1.29 is 89.4 Å². The Morgan fingerprint density at radius 3 is 1.48 bits per heavy atom. The molecule has 2 aromatic carbocycles. The number of carboxylic acids is 2. The summed E-state index contributed by atoms with van der Waals surface area (Å²) >= 11 is 0. The number of ether oxygens (including phenoxy) is 1. The Hall–Kier alpha value is -4.30. The number of unbranched alkanes of at least 4 members (excludes halogenated alkanes) is 4. The summed E-state index contributed by atoms with van der Waals surface area (Å²) in [7, 11) is -9.46. The first-order chi connectivity index (χ1) is 31.0. The van der Waals surface area contributed by atoms with Crippen molar-refractivity contribution in [1.29, 1.82) is 0 Å². The van der Waals surface area contributed by atoms with E-state index in [1.165, 1.54) is 24.3 Å². The van der Waals surface area contributed by atoms with Gasteiger partial charge in [0.05, 0.1) is 29.5 Å². The monoisotopic (exact) mass is 972 g/mol. The van der Waals surface area contributed by atoms with Crippen molar-refractivity contribution in [3.8, 4) is 0 Å². The fourth-order valence-corrected chi connectivity index (χ4v) is 10.7. The smallest absolute Gasteiger partial charge is 0.744 e. The molecule has 1 amide bonds. The Balaban J connectivity index is 0.00000840. The molecule has 0 atom stereocenters. The van der Waals surface area contributed by atoms with Crippen LogP contribution in [0, 0.1) is 0 Å². The first-order valence-electron chi connectivity index (χ1n) is 22.6. The van der Waals surface area contributed by atoms with Gasteiger partial charge in [-0.3, -0.25) is 14.5 Å². The third-order valence-electron chi connectivity index (χ3n) is 13.1. The van der Waals surface area contributed by atoms with Crippen LogP contribution in [0.3, 0.4) is 0 Å². The molecule has 1 saturated heterocycles. The van der Waals surface area contributed by atoms with Crippen LogP contribution in [-0.4, -0.2) is 115 Å². The maximum absolute atomic E-state index is 12.7. The number of rotatable bonds is 17. The number of anilines is 2. The fraction of sp³-hybridized carbons (Fsp3) is 0.500. The number of amides is 1. The molecule has 6 rings (SSSR count). The second-order valence-corrected chi connectivity index (χ2v) is 21.0. The van der Waals surface area contributed by atoms with E-state index in [9.17, 15) is 50.5 Å². The summed E-state index contributed by atoms with van der Waals surface area (Å²) in [5, 5.41) is 18.4. The van der Waals surface area contributed by atoms with Gasteiger partial charge in [0.1, 0.15) is 20.2 Å². The summed E-state index contributed by atoms with van der Waals surface area (Å²) in [6.07, 6.45) is 13.1. The number of allylic oxidation sites excluding steroid dienone is 8. The molecule has 0 aromatic heterocycles. The van der Waals surface area contributed by atoms with Gasteiger partial charge in [-0.05, 0) is 105 Å². The van der Waals surface area contributed by atoms with Gasteiger partial charge in [0, 0.05) is 70.7 Å². The molecule has 358 valence electrons. The molecule has 1 saturated carbocycles. The van der Waals surface area contributed by atoms with E-state index in [0.717, 1.165) is 39.6 Å². The molecule has 67 heavy (non-hydrogen) atoms. The van der Waals surface area contributed by atoms with Crippen molar-refractivity contribution in [3.05, 3.63) is 94.4 Å². The maximum Gasteiger partial charge on any atom is 1.00 e. The van der Waals surface area contributed by atoms with E-state index < -0.39 is 43.0 Å². The molecule has 2 aromatic rings. The molecule has 3 heterocycles. The molecule has 0 bridgehead atoms. The van der Waals surface area contributed by atoms with Gasteiger partial charge in [-0.15, -0.1) is 0 Å². The SMILES string of the molecule is CCOC(=O)N1CC[N+](=C2C(=CC=C3N(CCCCCC(=O)O)c4ccc(S(=O)(=O)[O-])cc4C3(C)C)CC/C2=C\C=C2/N(CCCCCC(=O)O)c3ccc(S(=O)(=O)[O-])cc3C2(C)C)CC1.[Na+]. The van der Waals surface area contributed by atoms with E-state index >= 15 is 0 Å². The van der Waals surface area contributed by atoms with Gasteiger partial charge in [-0.2, -0.15) is 0 Å². The summed E-state index contributed by atoms with van der Waals surface area (Å²) in [5.41, 5.74) is 6.38. The van der Waals surface area contributed by atoms with Crippen LogP contribution in [0.25, 0.3) is 0 Å². The van der Waals surface area contributed by atoms with E-state index in [1.54, 1.807) is 24.0 Å². The van der Waals surface area contributed by atoms with Crippen molar-refractivity contribution in [2.45, 2.75) is 119 Å². The van der Waals surface area contributed by atoms with Crippen molar-refractivity contribution in [1.82, 2.24) is 4.90 Å². The number of nitrogens with zero attached hydrogens (tertiary/aromatic N) is 4. The van der Waals surface area contributed by atoms with Crippen LogP contribution in [0.4, 0.5) is 16.2 Å².